The van der Waals surface area contributed by atoms with Crippen molar-refractivity contribution in [1.82, 2.24) is 10.3 Å². The molecule has 1 aromatic heterocycles. The van der Waals surface area contributed by atoms with Crippen LogP contribution in [0, 0.1) is 0 Å². The fourth-order valence-electron chi connectivity index (χ4n) is 2.40. The van der Waals surface area contributed by atoms with Gasteiger partial charge >= 0.3 is 0 Å². The first-order valence-corrected chi connectivity index (χ1v) is 6.95. The summed E-state index contributed by atoms with van der Waals surface area (Å²) in [5.41, 5.74) is 1.54. The maximum atomic E-state index is 12.5. The molecule has 0 aliphatic rings. The van der Waals surface area contributed by atoms with E-state index in [0.717, 1.165) is 16.5 Å². The molecule has 1 N–H and O–H groups in total. The first-order valence-electron chi connectivity index (χ1n) is 6.95. The second kappa shape index (κ2) is 5.75. The zero-order valence-corrected chi connectivity index (χ0v) is 11.8. The molecule has 0 bridgehead atoms. The zero-order valence-electron chi connectivity index (χ0n) is 11.8. The molecule has 3 aromatic rings. The standard InChI is InChI=1S/C18H16N2O/c1-13(17-11-4-5-12-19-17)20-18(21)16-10-6-8-14-7-2-3-9-15(14)16/h2-13H,1H3,(H,20,21). The van der Waals surface area contributed by atoms with Gasteiger partial charge in [0.15, 0.2) is 0 Å². The highest BCUT2D eigenvalue weighted by Gasteiger charge is 2.14. The normalized spacial score (nSPS) is 12.0. The van der Waals surface area contributed by atoms with Crippen molar-refractivity contribution >= 4 is 16.7 Å². The minimum Gasteiger partial charge on any atom is -0.344 e. The Kier molecular flexibility index (Phi) is 3.65. The minimum atomic E-state index is -0.127. The van der Waals surface area contributed by atoms with Gasteiger partial charge < -0.3 is 5.32 Å². The highest BCUT2D eigenvalue weighted by Crippen LogP contribution is 2.19. The molecular weight excluding hydrogens is 260 g/mol. The van der Waals surface area contributed by atoms with Gasteiger partial charge in [0, 0.05) is 11.8 Å². The Morgan fingerprint density at radius 2 is 1.76 bits per heavy atom. The lowest BCUT2D eigenvalue weighted by molar-refractivity contribution is 0.0941. The molecule has 1 amide bonds. The van der Waals surface area contributed by atoms with E-state index in [2.05, 4.69) is 10.3 Å². The van der Waals surface area contributed by atoms with Crippen molar-refractivity contribution < 1.29 is 4.79 Å². The first kappa shape index (κ1) is 13.3. The van der Waals surface area contributed by atoms with Crippen LogP contribution in [0.4, 0.5) is 0 Å². The molecule has 21 heavy (non-hydrogen) atoms. The number of hydrogen-bond acceptors (Lipinski definition) is 2. The second-order valence-electron chi connectivity index (χ2n) is 4.98. The molecule has 0 saturated heterocycles. The minimum absolute atomic E-state index is 0.0787. The van der Waals surface area contributed by atoms with E-state index in [9.17, 15) is 4.79 Å². The molecule has 0 fully saturated rings. The fourth-order valence-corrected chi connectivity index (χ4v) is 2.40. The predicted octanol–water partition coefficient (Wildman–Crippen LogP) is 3.73. The smallest absolute Gasteiger partial charge is 0.252 e. The summed E-state index contributed by atoms with van der Waals surface area (Å²) in [6, 6.07) is 19.2. The van der Waals surface area contributed by atoms with Crippen molar-refractivity contribution in [1.29, 1.82) is 0 Å². The van der Waals surface area contributed by atoms with Crippen molar-refractivity contribution in [3.63, 3.8) is 0 Å². The maximum Gasteiger partial charge on any atom is 0.252 e. The number of nitrogens with zero attached hydrogens (tertiary/aromatic N) is 1. The fraction of sp³-hybridized carbons (Fsp3) is 0.111. The Balaban J connectivity index is 1.88. The van der Waals surface area contributed by atoms with Crippen molar-refractivity contribution in [2.75, 3.05) is 0 Å². The van der Waals surface area contributed by atoms with Gasteiger partial charge in [0.25, 0.3) is 5.91 Å². The first-order chi connectivity index (χ1) is 10.3. The van der Waals surface area contributed by atoms with Gasteiger partial charge in [-0.3, -0.25) is 9.78 Å². The van der Waals surface area contributed by atoms with Crippen LogP contribution in [-0.2, 0) is 0 Å². The Morgan fingerprint density at radius 3 is 2.57 bits per heavy atom. The summed E-state index contributed by atoms with van der Waals surface area (Å²) in [5, 5.41) is 5.03. The van der Waals surface area contributed by atoms with Crippen LogP contribution in [-0.4, -0.2) is 10.9 Å². The quantitative estimate of drug-likeness (QED) is 0.792. The van der Waals surface area contributed by atoms with Crippen LogP contribution in [0.1, 0.15) is 29.0 Å². The summed E-state index contributed by atoms with van der Waals surface area (Å²) >= 11 is 0. The molecule has 0 radical (unpaired) electrons. The number of amides is 1. The molecule has 0 spiro atoms. The largest absolute Gasteiger partial charge is 0.344 e. The van der Waals surface area contributed by atoms with Crippen LogP contribution in [0.3, 0.4) is 0 Å². The van der Waals surface area contributed by atoms with Crippen LogP contribution in [0.5, 0.6) is 0 Å². The van der Waals surface area contributed by atoms with E-state index in [4.69, 9.17) is 0 Å². The molecule has 3 rings (SSSR count). The van der Waals surface area contributed by atoms with Gasteiger partial charge in [0.2, 0.25) is 0 Å². The third-order valence-corrected chi connectivity index (χ3v) is 3.51. The average molecular weight is 276 g/mol. The lowest BCUT2D eigenvalue weighted by Crippen LogP contribution is -2.27. The van der Waals surface area contributed by atoms with Crippen molar-refractivity contribution in [3.8, 4) is 0 Å². The van der Waals surface area contributed by atoms with Crippen LogP contribution < -0.4 is 5.32 Å². The van der Waals surface area contributed by atoms with E-state index in [1.807, 2.05) is 67.6 Å². The molecule has 104 valence electrons. The van der Waals surface area contributed by atoms with E-state index in [1.165, 1.54) is 0 Å². The van der Waals surface area contributed by atoms with Crippen molar-refractivity contribution in [2.24, 2.45) is 0 Å². The molecule has 1 heterocycles. The predicted molar refractivity (Wildman–Crippen MR) is 84.1 cm³/mol. The highest BCUT2D eigenvalue weighted by molar-refractivity contribution is 6.07. The number of carbonyl (C=O) groups is 1. The van der Waals surface area contributed by atoms with Gasteiger partial charge in [0.05, 0.1) is 11.7 Å². The summed E-state index contributed by atoms with van der Waals surface area (Å²) in [4.78, 5) is 16.8. The number of nitrogens with one attached hydrogen (secondary N) is 1. The summed E-state index contributed by atoms with van der Waals surface area (Å²) in [7, 11) is 0. The molecule has 0 aliphatic heterocycles. The van der Waals surface area contributed by atoms with E-state index in [-0.39, 0.29) is 11.9 Å². The number of hydrogen-bond donors (Lipinski definition) is 1. The number of aromatic nitrogens is 1. The Hall–Kier alpha value is -2.68. The van der Waals surface area contributed by atoms with Crippen LogP contribution in [0.25, 0.3) is 10.8 Å². The van der Waals surface area contributed by atoms with Crippen molar-refractivity contribution in [2.45, 2.75) is 13.0 Å². The van der Waals surface area contributed by atoms with Gasteiger partial charge in [-0.05, 0) is 35.9 Å². The SMILES string of the molecule is CC(NC(=O)c1cccc2ccccc12)c1ccccn1. The number of rotatable bonds is 3. The monoisotopic (exact) mass is 276 g/mol. The Morgan fingerprint density at radius 1 is 1.00 bits per heavy atom. The molecule has 1 unspecified atom stereocenters. The number of benzene rings is 2. The highest BCUT2D eigenvalue weighted by atomic mass is 16.1. The topological polar surface area (TPSA) is 42.0 Å². The zero-order chi connectivity index (χ0) is 14.7. The third-order valence-electron chi connectivity index (χ3n) is 3.51. The van der Waals surface area contributed by atoms with Gasteiger partial charge in [0.1, 0.15) is 0 Å². The Labute approximate surface area is 123 Å². The molecule has 1 atom stereocenters. The summed E-state index contributed by atoms with van der Waals surface area (Å²) in [6.07, 6.45) is 1.73. The number of carbonyl (C=O) groups excluding carboxylic acids is 1. The van der Waals surface area contributed by atoms with Gasteiger partial charge in [-0.25, -0.2) is 0 Å². The summed E-state index contributed by atoms with van der Waals surface area (Å²) in [6.45, 7) is 1.94. The van der Waals surface area contributed by atoms with E-state index >= 15 is 0 Å². The molecule has 0 saturated carbocycles. The van der Waals surface area contributed by atoms with Gasteiger partial charge in [-0.1, -0.05) is 42.5 Å². The molecule has 0 aliphatic carbocycles. The second-order valence-corrected chi connectivity index (χ2v) is 4.98. The maximum absolute atomic E-state index is 12.5. The van der Waals surface area contributed by atoms with E-state index < -0.39 is 0 Å². The lowest BCUT2D eigenvalue weighted by Gasteiger charge is -2.14. The molecule has 3 heteroatoms. The van der Waals surface area contributed by atoms with Crippen LogP contribution in [0.15, 0.2) is 66.9 Å². The average Bonchev–Trinajstić information content (AvgIpc) is 2.55. The van der Waals surface area contributed by atoms with Crippen LogP contribution in [0.2, 0.25) is 0 Å². The van der Waals surface area contributed by atoms with E-state index in [0.29, 0.717) is 5.56 Å². The lowest BCUT2D eigenvalue weighted by atomic mass is 10.0. The number of pyridine rings is 1. The molecular formula is C18H16N2O. The Bertz CT molecular complexity index is 763. The van der Waals surface area contributed by atoms with Crippen molar-refractivity contribution in [3.05, 3.63) is 78.1 Å². The number of fused-ring (bicyclic) bond motifs is 1. The summed E-state index contributed by atoms with van der Waals surface area (Å²) in [5.74, 6) is -0.0787. The third kappa shape index (κ3) is 2.77. The molecule has 2 aromatic carbocycles. The van der Waals surface area contributed by atoms with Crippen LogP contribution >= 0.6 is 0 Å². The van der Waals surface area contributed by atoms with Gasteiger partial charge in [-0.15, -0.1) is 0 Å². The van der Waals surface area contributed by atoms with Gasteiger partial charge in [-0.2, -0.15) is 0 Å². The van der Waals surface area contributed by atoms with E-state index in [1.54, 1.807) is 6.20 Å². The molecule has 3 nitrogen and oxygen atoms in total. The summed E-state index contributed by atoms with van der Waals surface area (Å²) < 4.78 is 0.